The molecule has 0 aromatic heterocycles. The summed E-state index contributed by atoms with van der Waals surface area (Å²) in [6.45, 7) is 0. The molecule has 0 aromatic carbocycles. The van der Waals surface area contributed by atoms with Gasteiger partial charge >= 0.3 is 0 Å². The molecule has 0 rings (SSSR count). The van der Waals surface area contributed by atoms with Crippen LogP contribution in [-0.4, -0.2) is 5.09 Å². The summed E-state index contributed by atoms with van der Waals surface area (Å²) >= 11 is 0. The van der Waals surface area contributed by atoms with Gasteiger partial charge in [0.2, 0.25) is 0 Å². The SMILES string of the molecule is O=[N+]([O-])[O-].[Co].[Ni]. The van der Waals surface area contributed by atoms with Crippen molar-refractivity contribution in [3.8, 4) is 0 Å². The molecule has 1 radical (unpaired) electrons. The molecular weight excluding hydrogens is 180 g/mol. The zero-order valence-corrected chi connectivity index (χ0v) is 4.35. The summed E-state index contributed by atoms with van der Waals surface area (Å²) in [6.07, 6.45) is 0. The van der Waals surface area contributed by atoms with Gasteiger partial charge in [-0.3, -0.25) is 0 Å². The van der Waals surface area contributed by atoms with Crippen LogP contribution in [0.3, 0.4) is 0 Å². The van der Waals surface area contributed by atoms with E-state index in [4.69, 9.17) is 15.3 Å². The van der Waals surface area contributed by atoms with Crippen LogP contribution in [0.15, 0.2) is 0 Å². The Morgan fingerprint density at radius 1 is 1.33 bits per heavy atom. The van der Waals surface area contributed by atoms with E-state index < -0.39 is 5.09 Å². The number of nitrogens with zero attached hydrogens (tertiary/aromatic N) is 1. The quantitative estimate of drug-likeness (QED) is 0.293. The Morgan fingerprint density at radius 3 is 1.33 bits per heavy atom. The van der Waals surface area contributed by atoms with E-state index in [0.29, 0.717) is 0 Å². The van der Waals surface area contributed by atoms with Crippen LogP contribution < -0.4 is 0 Å². The van der Waals surface area contributed by atoms with Crippen LogP contribution >= 0.6 is 0 Å². The van der Waals surface area contributed by atoms with Gasteiger partial charge in [-0.25, -0.2) is 0 Å². The van der Waals surface area contributed by atoms with Gasteiger partial charge in [0.25, 0.3) is 0 Å². The standard InChI is InChI=1S/Co.NO3.Ni/c;2-1(3)4;/q;-1;. The van der Waals surface area contributed by atoms with Gasteiger partial charge in [-0.15, -0.1) is 0 Å². The second-order valence-corrected chi connectivity index (χ2v) is 0.224. The molecule has 6 heteroatoms. The molecule has 4 nitrogen and oxygen atoms in total. The summed E-state index contributed by atoms with van der Waals surface area (Å²) < 4.78 is 0. The molecule has 0 fully saturated rings. The first kappa shape index (κ1) is 16.4. The van der Waals surface area contributed by atoms with E-state index in [1.807, 2.05) is 0 Å². The van der Waals surface area contributed by atoms with E-state index in [1.165, 1.54) is 0 Å². The van der Waals surface area contributed by atoms with Crippen LogP contribution in [0.5, 0.6) is 0 Å². The molecule has 43 valence electrons. The summed E-state index contributed by atoms with van der Waals surface area (Å²) in [5.74, 6) is 0. The van der Waals surface area contributed by atoms with Crippen molar-refractivity contribution in [3.05, 3.63) is 15.3 Å². The van der Waals surface area contributed by atoms with E-state index in [-0.39, 0.29) is 33.3 Å². The topological polar surface area (TPSA) is 66.2 Å². The molecule has 0 spiro atoms. The Hall–Kier alpha value is 0.200. The zero-order chi connectivity index (χ0) is 3.58. The molecule has 0 amide bonds. The first-order valence-corrected chi connectivity index (χ1v) is 0.548. The third-order valence-corrected chi connectivity index (χ3v) is 0. The second-order valence-electron chi connectivity index (χ2n) is 0.224. The Kier molecular flexibility index (Phi) is 24.4. The average Bonchev–Trinajstić information content (AvgIpc) is 0.811. The van der Waals surface area contributed by atoms with Crippen molar-refractivity contribution in [1.82, 2.24) is 0 Å². The van der Waals surface area contributed by atoms with Crippen molar-refractivity contribution < 1.29 is 38.4 Å². The van der Waals surface area contributed by atoms with E-state index in [0.717, 1.165) is 0 Å². The van der Waals surface area contributed by atoms with E-state index in [2.05, 4.69) is 0 Å². The van der Waals surface area contributed by atoms with Crippen LogP contribution in [0.2, 0.25) is 0 Å². The van der Waals surface area contributed by atoms with Gasteiger partial charge in [-0.1, -0.05) is 0 Å². The van der Waals surface area contributed by atoms with Crippen LogP contribution in [0.25, 0.3) is 0 Å². The van der Waals surface area contributed by atoms with Crippen molar-refractivity contribution >= 4 is 0 Å². The maximum absolute atomic E-state index is 8.25. The fourth-order valence-corrected chi connectivity index (χ4v) is 0. The molecule has 0 aliphatic carbocycles. The van der Waals surface area contributed by atoms with Crippen molar-refractivity contribution in [1.29, 1.82) is 0 Å². The Bertz CT molecular complexity index is 33.8. The molecule has 0 saturated heterocycles. The van der Waals surface area contributed by atoms with E-state index >= 15 is 0 Å². The fourth-order valence-electron chi connectivity index (χ4n) is 0. The maximum atomic E-state index is 8.25. The zero-order valence-electron chi connectivity index (χ0n) is 2.32. The van der Waals surface area contributed by atoms with Gasteiger partial charge < -0.3 is 15.3 Å². The summed E-state index contributed by atoms with van der Waals surface area (Å²) in [4.78, 5) is 8.25. The Morgan fingerprint density at radius 2 is 1.33 bits per heavy atom. The van der Waals surface area contributed by atoms with Crippen molar-refractivity contribution in [2.45, 2.75) is 0 Å². The molecule has 0 unspecified atom stereocenters. The van der Waals surface area contributed by atoms with Gasteiger partial charge in [0.1, 0.15) is 0 Å². The first-order valence-electron chi connectivity index (χ1n) is 0.548. The normalized spacial score (nSPS) is 4.00. The monoisotopic (exact) mass is 179 g/mol. The Balaban J connectivity index is -0.0000000450. The predicted octanol–water partition coefficient (Wildman–Crippen LogP) is -0.244. The average molecular weight is 180 g/mol. The molecule has 0 N–H and O–H groups in total. The first-order chi connectivity index (χ1) is 1.73. The van der Waals surface area contributed by atoms with Gasteiger partial charge in [0.05, 0.1) is 5.09 Å². The van der Waals surface area contributed by atoms with Gasteiger partial charge in [0, 0.05) is 33.3 Å². The smallest absolute Gasteiger partial charge is 0.0689 e. The van der Waals surface area contributed by atoms with Crippen LogP contribution in [0.4, 0.5) is 0 Å². The molecule has 0 heterocycles. The summed E-state index contributed by atoms with van der Waals surface area (Å²) in [7, 11) is 0. The molecule has 0 saturated carbocycles. The second kappa shape index (κ2) is 8.96. The van der Waals surface area contributed by atoms with Gasteiger partial charge in [0.15, 0.2) is 0 Å². The van der Waals surface area contributed by atoms with Gasteiger partial charge in [-0.05, 0) is 0 Å². The fraction of sp³-hybridized carbons (Fsp3) is 0. The summed E-state index contributed by atoms with van der Waals surface area (Å²) in [5, 5.41) is 14.8. The Labute approximate surface area is 54.1 Å². The van der Waals surface area contributed by atoms with Crippen molar-refractivity contribution in [2.75, 3.05) is 0 Å². The molecule has 0 aliphatic heterocycles. The van der Waals surface area contributed by atoms with E-state index in [9.17, 15) is 0 Å². The number of rotatable bonds is 0. The number of hydrogen-bond donors (Lipinski definition) is 0. The van der Waals surface area contributed by atoms with Gasteiger partial charge in [-0.2, -0.15) is 0 Å². The van der Waals surface area contributed by atoms with Crippen molar-refractivity contribution in [2.24, 2.45) is 0 Å². The molecule has 0 atom stereocenters. The van der Waals surface area contributed by atoms with Crippen molar-refractivity contribution in [3.63, 3.8) is 0 Å². The van der Waals surface area contributed by atoms with Crippen LogP contribution in [0, 0.1) is 15.3 Å². The molecule has 6 heavy (non-hydrogen) atoms. The third-order valence-electron chi connectivity index (χ3n) is 0. The van der Waals surface area contributed by atoms with Crippen LogP contribution in [0.1, 0.15) is 0 Å². The minimum absolute atomic E-state index is 0. The summed E-state index contributed by atoms with van der Waals surface area (Å²) in [6, 6.07) is 0. The maximum Gasteiger partial charge on any atom is 0.0689 e. The largest absolute Gasteiger partial charge is 0.356 e. The van der Waals surface area contributed by atoms with E-state index in [1.54, 1.807) is 0 Å². The minimum Gasteiger partial charge on any atom is -0.356 e. The predicted molar refractivity (Wildman–Crippen MR) is 10.4 cm³/mol. The van der Waals surface area contributed by atoms with Crippen LogP contribution in [-0.2, 0) is 33.3 Å². The molecular formula is CoNNiO3-. The molecule has 0 aromatic rings. The minimum atomic E-state index is -1.75. The third kappa shape index (κ3) is 1080. The number of hydrogen-bond acceptors (Lipinski definition) is 3. The summed E-state index contributed by atoms with van der Waals surface area (Å²) in [5.41, 5.74) is 0. The molecule has 0 bridgehead atoms. The molecule has 0 aliphatic rings.